The molecule has 4 rings (SSSR count). The van der Waals surface area contributed by atoms with Crippen LogP contribution in [0.3, 0.4) is 0 Å². The van der Waals surface area contributed by atoms with Crippen molar-refractivity contribution in [3.63, 3.8) is 0 Å². The van der Waals surface area contributed by atoms with Crippen LogP contribution in [0.5, 0.6) is 0 Å². The maximum Gasteiger partial charge on any atom is 0.350 e. The first-order valence-corrected chi connectivity index (χ1v) is 12.4. The van der Waals surface area contributed by atoms with Crippen LogP contribution in [0.4, 0.5) is 0 Å². The molecule has 0 N–H and O–H groups in total. The van der Waals surface area contributed by atoms with E-state index in [0.717, 1.165) is 5.56 Å². The summed E-state index contributed by atoms with van der Waals surface area (Å²) in [5.41, 5.74) is -0.343. The van der Waals surface area contributed by atoms with E-state index in [-0.39, 0.29) is 5.41 Å². The number of ether oxygens (including phenoxy) is 6. The molecule has 3 aliphatic rings. The highest BCUT2D eigenvalue weighted by Gasteiger charge is 2.63. The highest BCUT2D eigenvalue weighted by molar-refractivity contribution is 5.87. The van der Waals surface area contributed by atoms with Gasteiger partial charge in [-0.3, -0.25) is 4.79 Å². The van der Waals surface area contributed by atoms with Crippen LogP contribution in [0.25, 0.3) is 0 Å². The minimum Gasteiger partial charge on any atom is -0.454 e. The number of fused-ring (bicyclic) bond motifs is 3. The Balaban J connectivity index is 1.39. The molecule has 1 aromatic rings. The van der Waals surface area contributed by atoms with E-state index in [4.69, 9.17) is 28.4 Å². The zero-order chi connectivity index (χ0) is 26.6. The predicted octanol–water partition coefficient (Wildman–Crippen LogP) is 3.72. The topological polar surface area (TPSA) is 107 Å². The third-order valence-corrected chi connectivity index (χ3v) is 7.09. The molecule has 198 valence electrons. The van der Waals surface area contributed by atoms with Crippen molar-refractivity contribution in [2.45, 2.75) is 110 Å². The van der Waals surface area contributed by atoms with Gasteiger partial charge in [-0.1, -0.05) is 52.0 Å². The molecule has 0 spiro atoms. The van der Waals surface area contributed by atoms with E-state index in [9.17, 15) is 14.4 Å². The average Bonchev–Trinajstić information content (AvgIpc) is 3.43. The molecule has 0 radical (unpaired) electrons. The molecule has 0 aromatic heterocycles. The summed E-state index contributed by atoms with van der Waals surface area (Å²) in [7, 11) is 0. The lowest BCUT2D eigenvalue weighted by molar-refractivity contribution is -0.199. The van der Waals surface area contributed by atoms with Gasteiger partial charge in [0, 0.05) is 5.56 Å². The Bertz CT molecular complexity index is 1020. The second-order valence-electron chi connectivity index (χ2n) is 11.8. The highest BCUT2D eigenvalue weighted by atomic mass is 16.8. The number of carbonyl (C=O) groups excluding carboxylic acids is 3. The summed E-state index contributed by atoms with van der Waals surface area (Å²) in [5, 5.41) is 0. The molecule has 3 aliphatic heterocycles. The fraction of sp³-hybridized carbons (Fsp3) is 0.667. The van der Waals surface area contributed by atoms with Gasteiger partial charge in [0.25, 0.3) is 0 Å². The molecule has 3 saturated heterocycles. The van der Waals surface area contributed by atoms with Gasteiger partial charge in [0.05, 0.1) is 5.41 Å². The van der Waals surface area contributed by atoms with Crippen molar-refractivity contribution >= 4 is 17.9 Å². The van der Waals surface area contributed by atoms with Gasteiger partial charge in [0.2, 0.25) is 11.7 Å². The van der Waals surface area contributed by atoms with Crippen LogP contribution in [0.2, 0.25) is 0 Å². The molecule has 9 nitrogen and oxygen atoms in total. The van der Waals surface area contributed by atoms with Crippen LogP contribution in [0.1, 0.15) is 79.2 Å². The van der Waals surface area contributed by atoms with Crippen molar-refractivity contribution in [3.8, 4) is 0 Å². The van der Waals surface area contributed by atoms with Gasteiger partial charge >= 0.3 is 17.9 Å². The van der Waals surface area contributed by atoms with Crippen LogP contribution < -0.4 is 0 Å². The molecule has 3 fully saturated rings. The number of hydrogen-bond donors (Lipinski definition) is 0. The zero-order valence-corrected chi connectivity index (χ0v) is 22.2. The Morgan fingerprint density at radius 1 is 0.861 bits per heavy atom. The number of esters is 3. The van der Waals surface area contributed by atoms with Gasteiger partial charge < -0.3 is 28.4 Å². The Hall–Kier alpha value is -2.49. The third-order valence-electron chi connectivity index (χ3n) is 7.09. The summed E-state index contributed by atoms with van der Waals surface area (Å²) in [4.78, 5) is 37.9. The molecule has 0 amide bonds. The van der Waals surface area contributed by atoms with Crippen molar-refractivity contribution in [1.29, 1.82) is 0 Å². The molecule has 3 heterocycles. The number of carbonyl (C=O) groups is 3. The zero-order valence-electron chi connectivity index (χ0n) is 22.2. The number of rotatable bonds is 6. The van der Waals surface area contributed by atoms with Gasteiger partial charge in [0.15, 0.2) is 24.8 Å². The van der Waals surface area contributed by atoms with Gasteiger partial charge in [-0.15, -0.1) is 0 Å². The Morgan fingerprint density at radius 2 is 1.50 bits per heavy atom. The Morgan fingerprint density at radius 3 is 2.08 bits per heavy atom. The van der Waals surface area contributed by atoms with Crippen molar-refractivity contribution in [1.82, 2.24) is 0 Å². The fourth-order valence-electron chi connectivity index (χ4n) is 4.14. The van der Waals surface area contributed by atoms with Crippen molar-refractivity contribution < 1.29 is 42.8 Å². The first-order valence-electron chi connectivity index (χ1n) is 12.4. The molecule has 36 heavy (non-hydrogen) atoms. The molecule has 0 saturated carbocycles. The second-order valence-corrected chi connectivity index (χ2v) is 11.8. The molecular weight excluding hydrogens is 468 g/mol. The summed E-state index contributed by atoms with van der Waals surface area (Å²) >= 11 is 0. The minimum absolute atomic E-state index is 0.0202. The van der Waals surface area contributed by atoms with Gasteiger partial charge in [-0.25, -0.2) is 9.59 Å². The van der Waals surface area contributed by atoms with E-state index in [1.54, 1.807) is 13.8 Å². The maximum atomic E-state index is 12.9. The third kappa shape index (κ3) is 4.88. The molecule has 6 atom stereocenters. The smallest absolute Gasteiger partial charge is 0.350 e. The summed E-state index contributed by atoms with van der Waals surface area (Å²) in [6, 6.07) is 7.94. The van der Waals surface area contributed by atoms with Crippen LogP contribution in [-0.4, -0.2) is 54.2 Å². The molecule has 1 aromatic carbocycles. The monoisotopic (exact) mass is 504 g/mol. The van der Waals surface area contributed by atoms with Crippen molar-refractivity contribution in [2.75, 3.05) is 0 Å². The second kappa shape index (κ2) is 9.11. The summed E-state index contributed by atoms with van der Waals surface area (Å²) in [6.45, 7) is 14.6. The summed E-state index contributed by atoms with van der Waals surface area (Å²) < 4.78 is 34.2. The molecular formula is C27H36O9. The lowest BCUT2D eigenvalue weighted by Gasteiger charge is -2.29. The first kappa shape index (κ1) is 26.6. The fourth-order valence-corrected chi connectivity index (χ4v) is 4.14. The molecule has 6 unspecified atom stereocenters. The van der Waals surface area contributed by atoms with Crippen LogP contribution in [0.15, 0.2) is 24.3 Å². The van der Waals surface area contributed by atoms with Crippen molar-refractivity contribution in [3.05, 3.63) is 35.4 Å². The highest BCUT2D eigenvalue weighted by Crippen LogP contribution is 2.44. The SMILES string of the molecule is CCC(C)(C)C(=O)OC(C)(C)C(=O)OC1C(=O)OC2C3OC(c4ccc(C(C)(C)C)cc4)OC3OC12. The average molecular weight is 505 g/mol. The largest absolute Gasteiger partial charge is 0.454 e. The van der Waals surface area contributed by atoms with Gasteiger partial charge in [0.1, 0.15) is 6.10 Å². The quantitative estimate of drug-likeness (QED) is 0.423. The molecule has 0 aliphatic carbocycles. The lowest BCUT2D eigenvalue weighted by atomic mass is 9.87. The van der Waals surface area contributed by atoms with Gasteiger partial charge in [-0.05, 0) is 45.1 Å². The van der Waals surface area contributed by atoms with Crippen LogP contribution in [-0.2, 0) is 48.2 Å². The standard InChI is InChI=1S/C27H36O9/c1-9-26(5,6)23(29)36-27(7,8)24(30)34-18-16-17(31-20(18)28)19-22(32-16)35-21(33-19)14-10-12-15(13-11-14)25(2,3)4/h10-13,16-19,21-22H,9H2,1-8H3. The lowest BCUT2D eigenvalue weighted by Crippen LogP contribution is -2.46. The summed E-state index contributed by atoms with van der Waals surface area (Å²) in [6.07, 6.45) is -4.57. The molecule has 0 bridgehead atoms. The first-order chi connectivity index (χ1) is 16.6. The van der Waals surface area contributed by atoms with E-state index >= 15 is 0 Å². The normalized spacial score (nSPS) is 29.9. The Kier molecular flexibility index (Phi) is 6.73. The van der Waals surface area contributed by atoms with E-state index < -0.39 is 65.9 Å². The van der Waals surface area contributed by atoms with Crippen LogP contribution >= 0.6 is 0 Å². The van der Waals surface area contributed by atoms with E-state index in [1.807, 2.05) is 31.2 Å². The molecule has 9 heteroatoms. The number of hydrogen-bond acceptors (Lipinski definition) is 9. The van der Waals surface area contributed by atoms with Crippen LogP contribution in [0, 0.1) is 5.41 Å². The minimum atomic E-state index is -1.60. The van der Waals surface area contributed by atoms with E-state index in [1.165, 1.54) is 19.4 Å². The summed E-state index contributed by atoms with van der Waals surface area (Å²) in [5.74, 6) is -2.15. The van der Waals surface area contributed by atoms with Gasteiger partial charge in [-0.2, -0.15) is 0 Å². The van der Waals surface area contributed by atoms with E-state index in [2.05, 4.69) is 20.8 Å². The van der Waals surface area contributed by atoms with E-state index in [0.29, 0.717) is 6.42 Å². The maximum absolute atomic E-state index is 12.9. The van der Waals surface area contributed by atoms with Crippen molar-refractivity contribution in [2.24, 2.45) is 5.41 Å². The predicted molar refractivity (Wildman–Crippen MR) is 127 cm³/mol. The Labute approximate surface area is 211 Å². The number of benzene rings is 1.